The summed E-state index contributed by atoms with van der Waals surface area (Å²) in [5, 5.41) is 11.1. The Labute approximate surface area is 183 Å². The topological polar surface area (TPSA) is 84.8 Å². The molecule has 8 nitrogen and oxygen atoms in total. The van der Waals surface area contributed by atoms with Crippen molar-refractivity contribution in [2.45, 2.75) is 6.17 Å². The number of benzene rings is 2. The molecular weight excluding hydrogens is 416 g/mol. The molecule has 0 aromatic heterocycles. The van der Waals surface area contributed by atoms with Crippen LogP contribution in [-0.2, 0) is 4.79 Å². The number of carbonyl (C=O) groups excluding carboxylic acids is 1. The minimum atomic E-state index is -0.634. The number of fused-ring (bicyclic) bond motifs is 2. The van der Waals surface area contributed by atoms with Gasteiger partial charge in [0, 0.05) is 16.5 Å². The average Bonchev–Trinajstić information content (AvgIpc) is 2.80. The number of amidine groups is 1. The zero-order valence-electron chi connectivity index (χ0n) is 17.4. The molecule has 2 aliphatic heterocycles. The van der Waals surface area contributed by atoms with Crippen LogP contribution in [0.5, 0.6) is 17.2 Å². The second-order valence-electron chi connectivity index (χ2n) is 6.60. The Bertz CT molecular complexity index is 1190. The number of hydrazone groups is 1. The SMILES string of the molecule is C=CCSC1=NN2C(=c3ccccc3=NC2c2ccc(OC)c(OC)c2OC)C(=O)N1. The number of thioether (sulfide) groups is 1. The van der Waals surface area contributed by atoms with Crippen molar-refractivity contribution in [3.63, 3.8) is 0 Å². The van der Waals surface area contributed by atoms with Gasteiger partial charge in [0.1, 0.15) is 5.70 Å². The molecule has 1 unspecified atom stereocenters. The number of nitrogens with zero attached hydrogens (tertiary/aromatic N) is 3. The molecule has 0 fully saturated rings. The number of hydrogen-bond donors (Lipinski definition) is 1. The largest absolute Gasteiger partial charge is 0.493 e. The summed E-state index contributed by atoms with van der Waals surface area (Å²) in [5.74, 6) is 1.82. The Balaban J connectivity index is 1.96. The fourth-order valence-corrected chi connectivity index (χ4v) is 4.15. The predicted molar refractivity (Wildman–Crippen MR) is 120 cm³/mol. The molecule has 31 heavy (non-hydrogen) atoms. The first-order valence-corrected chi connectivity index (χ1v) is 10.5. The summed E-state index contributed by atoms with van der Waals surface area (Å²) in [5.41, 5.74) is 1.12. The molecule has 0 spiro atoms. The number of nitrogens with one attached hydrogen (secondary N) is 1. The van der Waals surface area contributed by atoms with Crippen molar-refractivity contribution in [2.75, 3.05) is 27.1 Å². The summed E-state index contributed by atoms with van der Waals surface area (Å²) in [6.07, 6.45) is 1.12. The lowest BCUT2D eigenvalue weighted by Gasteiger charge is -2.34. The van der Waals surface area contributed by atoms with Gasteiger partial charge >= 0.3 is 0 Å². The van der Waals surface area contributed by atoms with Crippen LogP contribution in [0.15, 0.2) is 59.1 Å². The van der Waals surface area contributed by atoms with Gasteiger partial charge in [-0.1, -0.05) is 36.0 Å². The molecular formula is C22H22N4O4S. The molecule has 4 rings (SSSR count). The number of hydrogen-bond acceptors (Lipinski definition) is 8. The van der Waals surface area contributed by atoms with Gasteiger partial charge in [-0.15, -0.1) is 11.7 Å². The van der Waals surface area contributed by atoms with E-state index >= 15 is 0 Å². The molecule has 2 aromatic carbocycles. The molecule has 2 aliphatic rings. The molecule has 2 aromatic rings. The second-order valence-corrected chi connectivity index (χ2v) is 7.60. The number of carbonyl (C=O) groups is 1. The van der Waals surface area contributed by atoms with Gasteiger partial charge in [0.2, 0.25) is 5.75 Å². The monoisotopic (exact) mass is 438 g/mol. The molecule has 160 valence electrons. The standard InChI is InChI=1S/C22H22N4O4S/c1-5-12-31-22-24-21(27)17-13-8-6-7-9-15(13)23-20(26(17)25-22)14-10-11-16(28-2)19(30-4)18(14)29-3/h5-11,20H,1,12H2,2-4H3,(H,24,25,27). The van der Waals surface area contributed by atoms with Crippen LogP contribution in [0.2, 0.25) is 0 Å². The summed E-state index contributed by atoms with van der Waals surface area (Å²) in [6, 6.07) is 11.1. The van der Waals surface area contributed by atoms with Crippen LogP contribution < -0.4 is 30.1 Å². The first kappa shape index (κ1) is 20.8. The first-order chi connectivity index (χ1) is 15.1. The van der Waals surface area contributed by atoms with Crippen LogP contribution >= 0.6 is 11.8 Å². The first-order valence-electron chi connectivity index (χ1n) is 9.51. The number of methoxy groups -OCH3 is 3. The van der Waals surface area contributed by atoms with E-state index in [-0.39, 0.29) is 5.91 Å². The van der Waals surface area contributed by atoms with E-state index in [9.17, 15) is 4.79 Å². The highest BCUT2D eigenvalue weighted by Crippen LogP contribution is 2.45. The fourth-order valence-electron chi connectivity index (χ4n) is 3.56. The molecule has 0 bridgehead atoms. The normalized spacial score (nSPS) is 16.9. The Hall–Kier alpha value is -3.46. The second kappa shape index (κ2) is 8.73. The minimum absolute atomic E-state index is 0.242. The van der Waals surface area contributed by atoms with Crippen LogP contribution in [0.25, 0.3) is 5.70 Å². The van der Waals surface area contributed by atoms with E-state index < -0.39 is 6.17 Å². The van der Waals surface area contributed by atoms with Crippen molar-refractivity contribution in [3.05, 3.63) is 65.2 Å². The summed E-state index contributed by atoms with van der Waals surface area (Å²) < 4.78 is 16.6. The van der Waals surface area contributed by atoms with Crippen LogP contribution in [-0.4, -0.2) is 43.2 Å². The number of amides is 1. The summed E-state index contributed by atoms with van der Waals surface area (Å²) >= 11 is 1.39. The smallest absolute Gasteiger partial charge is 0.276 e. The third-order valence-electron chi connectivity index (χ3n) is 4.87. The lowest BCUT2D eigenvalue weighted by atomic mass is 10.1. The van der Waals surface area contributed by atoms with E-state index in [4.69, 9.17) is 24.3 Å². The van der Waals surface area contributed by atoms with E-state index in [0.29, 0.717) is 50.0 Å². The van der Waals surface area contributed by atoms with Crippen molar-refractivity contribution < 1.29 is 19.0 Å². The highest BCUT2D eigenvalue weighted by Gasteiger charge is 2.36. The molecule has 1 amide bonds. The third kappa shape index (κ3) is 3.61. The Kier molecular flexibility index (Phi) is 5.85. The maximum Gasteiger partial charge on any atom is 0.276 e. The number of rotatable bonds is 6. The van der Waals surface area contributed by atoms with E-state index in [1.165, 1.54) is 11.8 Å². The predicted octanol–water partition coefficient (Wildman–Crippen LogP) is 1.77. The van der Waals surface area contributed by atoms with Gasteiger partial charge in [0.05, 0.1) is 26.7 Å². The van der Waals surface area contributed by atoms with Crippen LogP contribution in [0.3, 0.4) is 0 Å². The lowest BCUT2D eigenvalue weighted by molar-refractivity contribution is -0.116. The highest BCUT2D eigenvalue weighted by molar-refractivity contribution is 8.14. The van der Waals surface area contributed by atoms with Crippen LogP contribution in [0, 0.1) is 0 Å². The van der Waals surface area contributed by atoms with Gasteiger partial charge in [-0.05, 0) is 18.2 Å². The van der Waals surface area contributed by atoms with E-state index in [2.05, 4.69) is 11.9 Å². The van der Waals surface area contributed by atoms with E-state index in [0.717, 1.165) is 0 Å². The Morgan fingerprint density at radius 2 is 1.90 bits per heavy atom. The molecule has 0 saturated heterocycles. The van der Waals surface area contributed by atoms with Crippen molar-refractivity contribution in [3.8, 4) is 17.2 Å². The van der Waals surface area contributed by atoms with E-state index in [1.54, 1.807) is 38.5 Å². The van der Waals surface area contributed by atoms with Crippen molar-refractivity contribution in [2.24, 2.45) is 10.1 Å². The third-order valence-corrected chi connectivity index (χ3v) is 5.73. The average molecular weight is 439 g/mol. The quantitative estimate of drug-likeness (QED) is 0.692. The molecule has 9 heteroatoms. The van der Waals surface area contributed by atoms with Crippen molar-refractivity contribution in [1.29, 1.82) is 0 Å². The molecule has 0 aliphatic carbocycles. The summed E-state index contributed by atoms with van der Waals surface area (Å²) in [6.45, 7) is 3.73. The number of para-hydroxylation sites is 1. The number of ether oxygens (including phenoxy) is 3. The zero-order chi connectivity index (χ0) is 22.0. The maximum absolute atomic E-state index is 13.1. The zero-order valence-corrected chi connectivity index (χ0v) is 18.2. The molecule has 1 atom stereocenters. The maximum atomic E-state index is 13.1. The molecule has 0 radical (unpaired) electrons. The van der Waals surface area contributed by atoms with Crippen LogP contribution in [0.4, 0.5) is 0 Å². The highest BCUT2D eigenvalue weighted by atomic mass is 32.2. The van der Waals surface area contributed by atoms with E-state index in [1.807, 2.05) is 30.3 Å². The Morgan fingerprint density at radius 3 is 2.61 bits per heavy atom. The molecule has 0 saturated carbocycles. The molecule has 1 N–H and O–H groups in total. The van der Waals surface area contributed by atoms with Gasteiger partial charge < -0.3 is 14.2 Å². The van der Waals surface area contributed by atoms with Gasteiger partial charge in [0.25, 0.3) is 5.91 Å². The van der Waals surface area contributed by atoms with Crippen LogP contribution in [0.1, 0.15) is 11.7 Å². The minimum Gasteiger partial charge on any atom is -0.493 e. The van der Waals surface area contributed by atoms with Gasteiger partial charge in [-0.3, -0.25) is 15.1 Å². The summed E-state index contributed by atoms with van der Waals surface area (Å²) in [7, 11) is 4.66. The fraction of sp³-hybridized carbons (Fsp3) is 0.227. The Morgan fingerprint density at radius 1 is 1.13 bits per heavy atom. The molecule has 2 heterocycles. The summed E-state index contributed by atoms with van der Waals surface area (Å²) in [4.78, 5) is 18.0. The van der Waals surface area contributed by atoms with Gasteiger partial charge in [-0.2, -0.15) is 0 Å². The van der Waals surface area contributed by atoms with Gasteiger partial charge in [-0.25, -0.2) is 5.01 Å². The van der Waals surface area contributed by atoms with Crippen molar-refractivity contribution >= 4 is 28.5 Å². The lowest BCUT2D eigenvalue weighted by Crippen LogP contribution is -2.50. The van der Waals surface area contributed by atoms with Crippen molar-refractivity contribution in [1.82, 2.24) is 10.3 Å². The van der Waals surface area contributed by atoms with Gasteiger partial charge in [0.15, 0.2) is 22.8 Å².